The van der Waals surface area contributed by atoms with Crippen LogP contribution in [0.3, 0.4) is 0 Å². The normalized spacial score (nSPS) is 18.4. The molecule has 5 nitrogen and oxygen atoms in total. The molecule has 0 N–H and O–H groups in total. The molecular weight excluding hydrogens is 349 g/mol. The Labute approximate surface area is 135 Å². The molecule has 24 heavy (non-hydrogen) atoms. The van der Waals surface area contributed by atoms with E-state index in [4.69, 9.17) is 4.42 Å². The maximum Gasteiger partial charge on any atom is 0.534 e. The van der Waals surface area contributed by atoms with E-state index < -0.39 is 27.0 Å². The van der Waals surface area contributed by atoms with E-state index in [0.29, 0.717) is 29.7 Å². The van der Waals surface area contributed by atoms with Gasteiger partial charge in [-0.25, -0.2) is 4.79 Å². The van der Waals surface area contributed by atoms with Crippen LogP contribution in [0.5, 0.6) is 5.75 Å². The second-order valence-corrected chi connectivity index (χ2v) is 7.37. The molecule has 0 amide bonds. The molecule has 1 unspecified atom stereocenters. The van der Waals surface area contributed by atoms with Gasteiger partial charge in [-0.1, -0.05) is 6.92 Å². The van der Waals surface area contributed by atoms with Crippen molar-refractivity contribution in [3.05, 3.63) is 39.7 Å². The number of fused-ring (bicyclic) bond motifs is 3. The Bertz CT molecular complexity index is 959. The standard InChI is InChI=1S/C15H13F3O5S/c1-8-2-4-11-12(6-8)10-5-3-9(7-13(10)22-14(11)19)23-24(20,21)15(16,17)18/h3,5,7-8H,2,4,6H2,1H3. The van der Waals surface area contributed by atoms with Crippen LogP contribution in [0.1, 0.15) is 24.5 Å². The van der Waals surface area contributed by atoms with E-state index in [1.165, 1.54) is 6.07 Å². The number of hydrogen-bond donors (Lipinski definition) is 0. The van der Waals surface area contributed by atoms with Gasteiger partial charge in [0.05, 0.1) is 0 Å². The van der Waals surface area contributed by atoms with Crippen molar-refractivity contribution in [3.63, 3.8) is 0 Å². The first kappa shape index (κ1) is 16.8. The summed E-state index contributed by atoms with van der Waals surface area (Å²) >= 11 is 0. The zero-order valence-corrected chi connectivity index (χ0v) is 13.3. The second kappa shape index (κ2) is 5.51. The molecule has 0 fully saturated rings. The molecule has 130 valence electrons. The molecule has 0 spiro atoms. The maximum atomic E-state index is 12.4. The average Bonchev–Trinajstić information content (AvgIpc) is 2.45. The van der Waals surface area contributed by atoms with E-state index in [1.807, 2.05) is 6.92 Å². The summed E-state index contributed by atoms with van der Waals surface area (Å²) in [6.45, 7) is 2.04. The molecule has 1 aliphatic rings. The smallest absolute Gasteiger partial charge is 0.422 e. The average molecular weight is 362 g/mol. The molecule has 1 aliphatic carbocycles. The van der Waals surface area contributed by atoms with E-state index in [9.17, 15) is 26.4 Å². The Hall–Kier alpha value is -2.03. The highest BCUT2D eigenvalue weighted by molar-refractivity contribution is 7.88. The second-order valence-electron chi connectivity index (χ2n) is 5.84. The van der Waals surface area contributed by atoms with Gasteiger partial charge in [0.25, 0.3) is 0 Å². The van der Waals surface area contributed by atoms with Crippen LogP contribution in [0.2, 0.25) is 0 Å². The highest BCUT2D eigenvalue weighted by atomic mass is 32.2. The first-order valence-corrected chi connectivity index (χ1v) is 8.58. The summed E-state index contributed by atoms with van der Waals surface area (Å²) in [6, 6.07) is 3.52. The summed E-state index contributed by atoms with van der Waals surface area (Å²) in [7, 11) is -5.78. The molecule has 0 radical (unpaired) electrons. The molecule has 1 aromatic carbocycles. The molecule has 0 aliphatic heterocycles. The van der Waals surface area contributed by atoms with Crippen LogP contribution >= 0.6 is 0 Å². The van der Waals surface area contributed by atoms with Crippen molar-refractivity contribution < 1.29 is 30.2 Å². The fourth-order valence-electron chi connectivity index (χ4n) is 2.84. The van der Waals surface area contributed by atoms with Crippen molar-refractivity contribution in [2.75, 3.05) is 0 Å². The van der Waals surface area contributed by atoms with Crippen LogP contribution < -0.4 is 9.81 Å². The molecule has 2 aromatic rings. The van der Waals surface area contributed by atoms with Crippen LogP contribution in [0.4, 0.5) is 13.2 Å². The van der Waals surface area contributed by atoms with E-state index in [-0.39, 0.29) is 5.58 Å². The van der Waals surface area contributed by atoms with Gasteiger partial charge in [-0.3, -0.25) is 0 Å². The molecule has 3 rings (SSSR count). The topological polar surface area (TPSA) is 73.6 Å². The first-order chi connectivity index (χ1) is 11.1. The summed E-state index contributed by atoms with van der Waals surface area (Å²) in [5.74, 6) is -0.198. The van der Waals surface area contributed by atoms with Crippen LogP contribution in [0, 0.1) is 5.92 Å². The molecule has 1 heterocycles. The van der Waals surface area contributed by atoms with E-state index in [2.05, 4.69) is 4.18 Å². The van der Waals surface area contributed by atoms with E-state index >= 15 is 0 Å². The van der Waals surface area contributed by atoms with Crippen molar-refractivity contribution in [2.24, 2.45) is 5.92 Å². The van der Waals surface area contributed by atoms with Crippen molar-refractivity contribution >= 4 is 21.1 Å². The Balaban J connectivity index is 2.09. The number of benzene rings is 1. The molecule has 0 saturated carbocycles. The molecule has 1 atom stereocenters. The van der Waals surface area contributed by atoms with Gasteiger partial charge in [0, 0.05) is 17.0 Å². The predicted molar refractivity (Wildman–Crippen MR) is 79.3 cm³/mol. The third-order valence-corrected chi connectivity index (χ3v) is 5.00. The molecule has 1 aromatic heterocycles. The number of halogens is 3. The Morgan fingerprint density at radius 2 is 1.96 bits per heavy atom. The lowest BCUT2D eigenvalue weighted by Gasteiger charge is -2.21. The summed E-state index contributed by atoms with van der Waals surface area (Å²) in [5.41, 5.74) is -4.72. The largest absolute Gasteiger partial charge is 0.534 e. The van der Waals surface area contributed by atoms with Gasteiger partial charge in [-0.05, 0) is 42.9 Å². The van der Waals surface area contributed by atoms with Gasteiger partial charge < -0.3 is 8.60 Å². The summed E-state index contributed by atoms with van der Waals surface area (Å²) in [4.78, 5) is 12.0. The van der Waals surface area contributed by atoms with Gasteiger partial charge in [0.2, 0.25) is 0 Å². The zero-order chi connectivity index (χ0) is 17.7. The lowest BCUT2D eigenvalue weighted by molar-refractivity contribution is -0.0500. The van der Waals surface area contributed by atoms with Crippen molar-refractivity contribution in [1.29, 1.82) is 0 Å². The monoisotopic (exact) mass is 362 g/mol. The van der Waals surface area contributed by atoms with E-state index in [1.54, 1.807) is 0 Å². The highest BCUT2D eigenvalue weighted by Crippen LogP contribution is 2.33. The summed E-state index contributed by atoms with van der Waals surface area (Å²) in [6.07, 6.45) is 2.09. The number of rotatable bonds is 2. The molecule has 9 heteroatoms. The minimum atomic E-state index is -5.78. The Kier molecular flexibility index (Phi) is 3.86. The van der Waals surface area contributed by atoms with Crippen LogP contribution in [0.25, 0.3) is 11.0 Å². The van der Waals surface area contributed by atoms with Gasteiger partial charge in [0.15, 0.2) is 0 Å². The van der Waals surface area contributed by atoms with Crippen LogP contribution in [0.15, 0.2) is 27.4 Å². The van der Waals surface area contributed by atoms with Crippen LogP contribution in [-0.4, -0.2) is 13.9 Å². The predicted octanol–water partition coefficient (Wildman–Crippen LogP) is 3.15. The number of alkyl halides is 3. The van der Waals surface area contributed by atoms with Gasteiger partial charge in [-0.2, -0.15) is 21.6 Å². The van der Waals surface area contributed by atoms with Crippen LogP contribution in [-0.2, 0) is 23.0 Å². The molecule has 0 bridgehead atoms. The fraction of sp³-hybridized carbons (Fsp3) is 0.400. The van der Waals surface area contributed by atoms with Crippen molar-refractivity contribution in [1.82, 2.24) is 0 Å². The Morgan fingerprint density at radius 1 is 1.25 bits per heavy atom. The highest BCUT2D eigenvalue weighted by Gasteiger charge is 2.48. The SMILES string of the molecule is CC1CCc2c(c3ccc(OS(=O)(=O)C(F)(F)F)cc3oc2=O)C1. The van der Waals surface area contributed by atoms with Gasteiger partial charge >= 0.3 is 21.3 Å². The summed E-state index contributed by atoms with van der Waals surface area (Å²) < 4.78 is 68.4. The van der Waals surface area contributed by atoms with Gasteiger partial charge in [0.1, 0.15) is 11.3 Å². The summed E-state index contributed by atoms with van der Waals surface area (Å²) in [5, 5.41) is 0.577. The molecule has 0 saturated heterocycles. The first-order valence-electron chi connectivity index (χ1n) is 7.18. The maximum absolute atomic E-state index is 12.4. The van der Waals surface area contributed by atoms with Gasteiger partial charge in [-0.15, -0.1) is 0 Å². The minimum absolute atomic E-state index is 0.00252. The lowest BCUT2D eigenvalue weighted by Crippen LogP contribution is -2.28. The fourth-order valence-corrected chi connectivity index (χ4v) is 3.29. The quantitative estimate of drug-likeness (QED) is 0.466. The lowest BCUT2D eigenvalue weighted by atomic mass is 9.84. The zero-order valence-electron chi connectivity index (χ0n) is 12.5. The minimum Gasteiger partial charge on any atom is -0.422 e. The molecular formula is C15H13F3O5S. The van der Waals surface area contributed by atoms with Crippen molar-refractivity contribution in [3.8, 4) is 5.75 Å². The van der Waals surface area contributed by atoms with E-state index in [0.717, 1.165) is 24.1 Å². The Morgan fingerprint density at radius 3 is 2.62 bits per heavy atom. The third-order valence-electron chi connectivity index (χ3n) is 4.02. The third kappa shape index (κ3) is 2.88. The van der Waals surface area contributed by atoms with Crippen molar-refractivity contribution in [2.45, 2.75) is 31.7 Å². The number of hydrogen-bond acceptors (Lipinski definition) is 5.